The molecular formula is C57H36N6. The van der Waals surface area contributed by atoms with Gasteiger partial charge in [-0.3, -0.25) is 0 Å². The van der Waals surface area contributed by atoms with E-state index in [9.17, 15) is 0 Å². The second-order valence-corrected chi connectivity index (χ2v) is 16.0. The summed E-state index contributed by atoms with van der Waals surface area (Å²) >= 11 is 0. The first-order chi connectivity index (χ1) is 31.3. The van der Waals surface area contributed by atoms with Crippen LogP contribution in [0.4, 0.5) is 0 Å². The highest BCUT2D eigenvalue weighted by Gasteiger charge is 2.26. The Morgan fingerprint density at radius 2 is 0.698 bits per heavy atom. The molecule has 6 nitrogen and oxygen atoms in total. The smallest absolute Gasteiger partial charge is 0.166 e. The van der Waals surface area contributed by atoms with Crippen molar-refractivity contribution in [3.8, 4) is 51.2 Å². The predicted octanol–water partition coefficient (Wildman–Crippen LogP) is 14.2. The summed E-state index contributed by atoms with van der Waals surface area (Å²) in [7, 11) is 0. The van der Waals surface area contributed by atoms with Gasteiger partial charge in [0.15, 0.2) is 17.5 Å². The number of fused-ring (bicyclic) bond motifs is 10. The zero-order valence-corrected chi connectivity index (χ0v) is 34.0. The van der Waals surface area contributed by atoms with Gasteiger partial charge >= 0.3 is 0 Å². The molecule has 0 N–H and O–H groups in total. The van der Waals surface area contributed by atoms with E-state index < -0.39 is 0 Å². The van der Waals surface area contributed by atoms with E-state index in [4.69, 9.17) is 15.0 Å². The zero-order valence-electron chi connectivity index (χ0n) is 34.0. The zero-order chi connectivity index (χ0) is 41.4. The molecule has 4 heterocycles. The van der Waals surface area contributed by atoms with E-state index in [0.29, 0.717) is 17.5 Å². The van der Waals surface area contributed by atoms with Crippen molar-refractivity contribution < 1.29 is 0 Å². The number of aromatic nitrogens is 6. The first-order valence-corrected chi connectivity index (χ1v) is 21.3. The summed E-state index contributed by atoms with van der Waals surface area (Å²) < 4.78 is 7.27. The lowest BCUT2D eigenvalue weighted by Crippen LogP contribution is -2.02. The summed E-state index contributed by atoms with van der Waals surface area (Å²) in [5.74, 6) is 1.86. The Balaban J connectivity index is 1.20. The molecule has 0 aliphatic carbocycles. The lowest BCUT2D eigenvalue weighted by molar-refractivity contribution is 1.07. The van der Waals surface area contributed by atoms with E-state index in [1.54, 1.807) is 0 Å². The van der Waals surface area contributed by atoms with Crippen molar-refractivity contribution in [2.75, 3.05) is 0 Å². The van der Waals surface area contributed by atoms with E-state index in [2.05, 4.69) is 196 Å². The normalized spacial score (nSPS) is 11.8. The minimum Gasteiger partial charge on any atom is -0.309 e. The van der Waals surface area contributed by atoms with Gasteiger partial charge in [0.25, 0.3) is 0 Å². The molecule has 0 unspecified atom stereocenters. The molecule has 9 aromatic carbocycles. The fourth-order valence-corrected chi connectivity index (χ4v) is 9.77. The standard InChI is InChI=1S/C57H36N6/c1-5-19-37(20-6-1)55-58-56(38-21-7-2-8-22-38)60-57(59-55)47-36-46-43-28-14-17-31-49(43)63(53(46)52-45-29-15-18-32-50(45)62(54(47)52)40-25-11-4-12-26-40)41-33-34-44-42-27-13-16-30-48(42)61(51(44)35-41)39-23-9-3-10-24-39/h1-36H. The van der Waals surface area contributed by atoms with Gasteiger partial charge < -0.3 is 13.7 Å². The summed E-state index contributed by atoms with van der Waals surface area (Å²) in [4.78, 5) is 15.8. The molecule has 0 atom stereocenters. The third-order valence-electron chi connectivity index (χ3n) is 12.5. The fraction of sp³-hybridized carbons (Fsp3) is 0. The highest BCUT2D eigenvalue weighted by atomic mass is 15.1. The molecule has 0 aliphatic heterocycles. The number of rotatable bonds is 6. The van der Waals surface area contributed by atoms with Gasteiger partial charge in [-0.1, -0.05) is 158 Å². The molecule has 0 amide bonds. The number of nitrogens with zero attached hydrogens (tertiary/aromatic N) is 6. The van der Waals surface area contributed by atoms with Crippen LogP contribution in [0.1, 0.15) is 0 Å². The molecular weight excluding hydrogens is 769 g/mol. The van der Waals surface area contributed by atoms with Crippen LogP contribution in [0.25, 0.3) is 117 Å². The Morgan fingerprint density at radius 1 is 0.270 bits per heavy atom. The highest BCUT2D eigenvalue weighted by Crippen LogP contribution is 2.46. The maximum Gasteiger partial charge on any atom is 0.166 e. The van der Waals surface area contributed by atoms with E-state index >= 15 is 0 Å². The lowest BCUT2D eigenvalue weighted by atomic mass is 10.0. The third kappa shape index (κ3) is 5.41. The van der Waals surface area contributed by atoms with Crippen molar-refractivity contribution in [1.82, 2.24) is 28.7 Å². The first-order valence-electron chi connectivity index (χ1n) is 21.3. The summed E-state index contributed by atoms with van der Waals surface area (Å²) in [6.07, 6.45) is 0. The van der Waals surface area contributed by atoms with Crippen LogP contribution < -0.4 is 0 Å². The predicted molar refractivity (Wildman–Crippen MR) is 259 cm³/mol. The molecule has 13 rings (SSSR count). The molecule has 13 aromatic rings. The highest BCUT2D eigenvalue weighted by molar-refractivity contribution is 6.29. The van der Waals surface area contributed by atoms with Crippen molar-refractivity contribution in [3.63, 3.8) is 0 Å². The van der Waals surface area contributed by atoms with Gasteiger partial charge in [-0.2, -0.15) is 0 Å². The molecule has 294 valence electrons. The second-order valence-electron chi connectivity index (χ2n) is 16.0. The molecule has 0 radical (unpaired) electrons. The Labute approximate surface area is 362 Å². The van der Waals surface area contributed by atoms with Crippen LogP contribution in [0.15, 0.2) is 218 Å². The first kappa shape index (κ1) is 35.2. The summed E-state index contributed by atoms with van der Waals surface area (Å²) in [6, 6.07) is 77.3. The van der Waals surface area contributed by atoms with Gasteiger partial charge in [0.05, 0.1) is 33.1 Å². The Bertz CT molecular complexity index is 3830. The van der Waals surface area contributed by atoms with Gasteiger partial charge in [0.2, 0.25) is 0 Å². The molecule has 0 bridgehead atoms. The Kier molecular flexibility index (Phi) is 7.80. The van der Waals surface area contributed by atoms with Crippen molar-refractivity contribution >= 4 is 65.4 Å². The minimum atomic E-state index is 0.611. The monoisotopic (exact) mass is 804 g/mol. The number of hydrogen-bond acceptors (Lipinski definition) is 3. The molecule has 0 saturated carbocycles. The van der Waals surface area contributed by atoms with Gasteiger partial charge in [0.1, 0.15) is 0 Å². The van der Waals surface area contributed by atoms with Crippen molar-refractivity contribution in [2.24, 2.45) is 0 Å². The van der Waals surface area contributed by atoms with Gasteiger partial charge in [-0.05, 0) is 60.7 Å². The summed E-state index contributed by atoms with van der Waals surface area (Å²) in [5.41, 5.74) is 12.8. The Hall–Kier alpha value is -8.61. The average molecular weight is 805 g/mol. The minimum absolute atomic E-state index is 0.611. The molecule has 0 spiro atoms. The fourth-order valence-electron chi connectivity index (χ4n) is 9.77. The van der Waals surface area contributed by atoms with Crippen LogP contribution in [-0.4, -0.2) is 28.7 Å². The quantitative estimate of drug-likeness (QED) is 0.168. The van der Waals surface area contributed by atoms with Crippen LogP contribution in [0.2, 0.25) is 0 Å². The van der Waals surface area contributed by atoms with Crippen LogP contribution in [0.5, 0.6) is 0 Å². The average Bonchev–Trinajstić information content (AvgIpc) is 4.00. The van der Waals surface area contributed by atoms with Crippen LogP contribution in [0, 0.1) is 0 Å². The van der Waals surface area contributed by atoms with E-state index in [1.165, 1.54) is 16.3 Å². The van der Waals surface area contributed by atoms with Gasteiger partial charge in [-0.25, -0.2) is 15.0 Å². The van der Waals surface area contributed by atoms with E-state index in [-0.39, 0.29) is 0 Å². The third-order valence-corrected chi connectivity index (χ3v) is 12.5. The van der Waals surface area contributed by atoms with Crippen LogP contribution in [-0.2, 0) is 0 Å². The largest absolute Gasteiger partial charge is 0.309 e. The SMILES string of the molecule is c1ccc(-c2nc(-c3ccccc3)nc(-c3cc4c5ccccc5n(-c5ccc6c7ccccc7n(-c7ccccc7)c6c5)c4c4c5ccccc5n(-c5ccccc5)c34)n2)cc1. The van der Waals surface area contributed by atoms with E-state index in [1.807, 2.05) is 36.4 Å². The van der Waals surface area contributed by atoms with Crippen LogP contribution >= 0.6 is 0 Å². The number of para-hydroxylation sites is 5. The number of benzene rings is 9. The lowest BCUT2D eigenvalue weighted by Gasteiger charge is -2.15. The number of hydrogen-bond donors (Lipinski definition) is 0. The van der Waals surface area contributed by atoms with Crippen molar-refractivity contribution in [1.29, 1.82) is 0 Å². The summed E-state index contributed by atoms with van der Waals surface area (Å²) in [5, 5.41) is 6.99. The van der Waals surface area contributed by atoms with Gasteiger partial charge in [0, 0.05) is 66.1 Å². The molecule has 0 aliphatic rings. The molecule has 0 saturated heterocycles. The van der Waals surface area contributed by atoms with E-state index in [0.717, 1.165) is 82.9 Å². The second kappa shape index (κ2) is 14.0. The molecule has 4 aromatic heterocycles. The molecule has 6 heteroatoms. The van der Waals surface area contributed by atoms with Crippen LogP contribution in [0.3, 0.4) is 0 Å². The van der Waals surface area contributed by atoms with Gasteiger partial charge in [-0.15, -0.1) is 0 Å². The maximum atomic E-state index is 5.35. The molecule has 0 fully saturated rings. The van der Waals surface area contributed by atoms with Crippen molar-refractivity contribution in [3.05, 3.63) is 218 Å². The summed E-state index contributed by atoms with van der Waals surface area (Å²) in [6.45, 7) is 0. The Morgan fingerprint density at radius 3 is 1.30 bits per heavy atom. The molecule has 63 heavy (non-hydrogen) atoms. The topological polar surface area (TPSA) is 53.5 Å². The maximum absolute atomic E-state index is 5.35. The van der Waals surface area contributed by atoms with Crippen molar-refractivity contribution in [2.45, 2.75) is 0 Å².